The highest BCUT2D eigenvalue weighted by atomic mass is 16.6. The number of nitrogens with zero attached hydrogens (tertiary/aromatic N) is 2. The smallest absolute Gasteiger partial charge is 0.497 e. The number of rotatable bonds is 6. The molecule has 9 nitrogen and oxygen atoms in total. The number of benzene rings is 2. The van der Waals surface area contributed by atoms with Gasteiger partial charge in [0.15, 0.2) is 5.82 Å². The van der Waals surface area contributed by atoms with E-state index < -0.39 is 6.16 Å². The Morgan fingerprint density at radius 2 is 1.47 bits per heavy atom. The number of anilines is 1. The lowest BCUT2D eigenvalue weighted by molar-refractivity contribution is 0.102. The van der Waals surface area contributed by atoms with Crippen LogP contribution in [0.2, 0.25) is 0 Å². The molecule has 2 aromatic carbocycles. The van der Waals surface area contributed by atoms with Crippen LogP contribution in [0, 0.1) is 0 Å². The summed E-state index contributed by atoms with van der Waals surface area (Å²) >= 11 is 0. The van der Waals surface area contributed by atoms with E-state index in [2.05, 4.69) is 15.5 Å². The van der Waals surface area contributed by atoms with Gasteiger partial charge in [0.25, 0.3) is 5.91 Å². The van der Waals surface area contributed by atoms with Crippen molar-refractivity contribution in [2.45, 2.75) is 38.2 Å². The Labute approximate surface area is 197 Å². The van der Waals surface area contributed by atoms with Crippen LogP contribution in [0.15, 0.2) is 60.7 Å². The van der Waals surface area contributed by atoms with Crippen LogP contribution in [-0.2, 0) is 0 Å². The van der Waals surface area contributed by atoms with Crippen LogP contribution >= 0.6 is 0 Å². The van der Waals surface area contributed by atoms with Crippen molar-refractivity contribution in [1.82, 2.24) is 10.2 Å². The van der Waals surface area contributed by atoms with E-state index in [-0.39, 0.29) is 12.0 Å². The molecule has 0 saturated heterocycles. The van der Waals surface area contributed by atoms with E-state index in [9.17, 15) is 4.79 Å². The minimum absolute atomic E-state index is 0.231. The number of hydrogen-bond acceptors (Lipinski definition) is 6. The fourth-order valence-electron chi connectivity index (χ4n) is 3.56. The van der Waals surface area contributed by atoms with Crippen LogP contribution < -0.4 is 14.8 Å². The van der Waals surface area contributed by atoms with Gasteiger partial charge in [-0.1, -0.05) is 6.42 Å². The van der Waals surface area contributed by atoms with E-state index in [0.717, 1.165) is 35.6 Å². The molecule has 1 amide bonds. The Morgan fingerprint density at radius 1 is 0.853 bits per heavy atom. The second-order valence-electron chi connectivity index (χ2n) is 7.67. The number of aromatic nitrogens is 2. The van der Waals surface area contributed by atoms with Crippen LogP contribution in [-0.4, -0.2) is 45.7 Å². The van der Waals surface area contributed by atoms with Gasteiger partial charge < -0.3 is 25.0 Å². The molecule has 0 unspecified atom stereocenters. The Kier molecular flexibility index (Phi) is 8.79. The molecular weight excluding hydrogens is 438 g/mol. The van der Waals surface area contributed by atoms with Crippen molar-refractivity contribution >= 4 is 17.9 Å². The van der Waals surface area contributed by atoms with Crippen molar-refractivity contribution in [3.63, 3.8) is 0 Å². The lowest BCUT2D eigenvalue weighted by Gasteiger charge is -2.23. The maximum atomic E-state index is 12.5. The third kappa shape index (κ3) is 7.47. The van der Waals surface area contributed by atoms with E-state index in [1.165, 1.54) is 19.3 Å². The number of ether oxygens (including phenoxy) is 2. The van der Waals surface area contributed by atoms with Gasteiger partial charge in [0, 0.05) is 11.1 Å². The quantitative estimate of drug-likeness (QED) is 0.445. The first kappa shape index (κ1) is 24.5. The SMILES string of the molecule is COc1ccc(-c2ccc(NC(=O)c3ccc(OC4CCCCC4)cc3)nn2)cc1.O=C(O)O. The van der Waals surface area contributed by atoms with Crippen molar-refractivity contribution in [2.75, 3.05) is 12.4 Å². The number of methoxy groups -OCH3 is 1. The fourth-order valence-corrected chi connectivity index (χ4v) is 3.56. The Bertz CT molecular complexity index is 1060. The number of carbonyl (C=O) groups excluding carboxylic acids is 1. The van der Waals surface area contributed by atoms with Gasteiger partial charge in [0.2, 0.25) is 0 Å². The predicted octanol–water partition coefficient (Wildman–Crippen LogP) is 5.34. The molecule has 1 aromatic heterocycles. The lowest BCUT2D eigenvalue weighted by atomic mass is 9.98. The van der Waals surface area contributed by atoms with Crippen molar-refractivity contribution in [3.8, 4) is 22.8 Å². The zero-order valence-electron chi connectivity index (χ0n) is 18.8. The molecule has 0 bridgehead atoms. The molecule has 3 N–H and O–H groups in total. The second kappa shape index (κ2) is 12.2. The highest BCUT2D eigenvalue weighted by Gasteiger charge is 2.15. The van der Waals surface area contributed by atoms with Gasteiger partial charge in [-0.05, 0) is 86.3 Å². The van der Waals surface area contributed by atoms with Crippen LogP contribution in [0.3, 0.4) is 0 Å². The van der Waals surface area contributed by atoms with Gasteiger partial charge >= 0.3 is 6.16 Å². The summed E-state index contributed by atoms with van der Waals surface area (Å²) in [5.41, 5.74) is 2.20. The number of hydrogen-bond donors (Lipinski definition) is 3. The summed E-state index contributed by atoms with van der Waals surface area (Å²) in [4.78, 5) is 21.1. The molecule has 0 aliphatic heterocycles. The second-order valence-corrected chi connectivity index (χ2v) is 7.67. The number of nitrogens with one attached hydrogen (secondary N) is 1. The first-order valence-corrected chi connectivity index (χ1v) is 10.9. The minimum atomic E-state index is -1.83. The molecule has 34 heavy (non-hydrogen) atoms. The molecule has 1 aliphatic carbocycles. The first-order valence-electron chi connectivity index (χ1n) is 10.9. The van der Waals surface area contributed by atoms with Gasteiger partial charge in [-0.25, -0.2) is 4.79 Å². The number of amides is 1. The molecule has 178 valence electrons. The highest BCUT2D eigenvalue weighted by molar-refractivity contribution is 6.03. The molecule has 4 rings (SSSR count). The largest absolute Gasteiger partial charge is 0.503 e. The summed E-state index contributed by atoms with van der Waals surface area (Å²) in [6, 6.07) is 18.4. The standard InChI is InChI=1S/C24H25N3O3.CH2O3/c1-29-19-11-7-17(8-12-19)22-15-16-23(27-26-22)25-24(28)18-9-13-21(14-10-18)30-20-5-3-2-4-6-20;2-1(3)4/h7-16,20H,2-6H2,1H3,(H,25,27,28);(H2,2,3,4). The van der Waals surface area contributed by atoms with Gasteiger partial charge in [0.1, 0.15) is 11.5 Å². The Hall–Kier alpha value is -4.14. The van der Waals surface area contributed by atoms with Crippen molar-refractivity contribution in [3.05, 3.63) is 66.2 Å². The van der Waals surface area contributed by atoms with Gasteiger partial charge in [-0.15, -0.1) is 10.2 Å². The molecule has 0 atom stereocenters. The zero-order chi connectivity index (χ0) is 24.3. The molecule has 0 spiro atoms. The summed E-state index contributed by atoms with van der Waals surface area (Å²) in [7, 11) is 1.63. The first-order chi connectivity index (χ1) is 16.4. The summed E-state index contributed by atoms with van der Waals surface area (Å²) < 4.78 is 11.2. The van der Waals surface area contributed by atoms with Crippen LogP contribution in [0.1, 0.15) is 42.5 Å². The molecular formula is C25H27N3O6. The average molecular weight is 466 g/mol. The van der Waals surface area contributed by atoms with E-state index >= 15 is 0 Å². The molecule has 1 saturated carbocycles. The van der Waals surface area contributed by atoms with E-state index in [4.69, 9.17) is 24.5 Å². The normalized spacial score (nSPS) is 13.2. The van der Waals surface area contributed by atoms with Crippen LogP contribution in [0.5, 0.6) is 11.5 Å². The predicted molar refractivity (Wildman–Crippen MR) is 127 cm³/mol. The van der Waals surface area contributed by atoms with Crippen molar-refractivity contribution in [2.24, 2.45) is 0 Å². The van der Waals surface area contributed by atoms with E-state index in [1.54, 1.807) is 25.3 Å². The summed E-state index contributed by atoms with van der Waals surface area (Å²) in [6.45, 7) is 0. The van der Waals surface area contributed by atoms with Crippen molar-refractivity contribution < 1.29 is 29.3 Å². The van der Waals surface area contributed by atoms with Crippen LogP contribution in [0.25, 0.3) is 11.3 Å². The zero-order valence-corrected chi connectivity index (χ0v) is 18.8. The topological polar surface area (TPSA) is 131 Å². The summed E-state index contributed by atoms with van der Waals surface area (Å²) in [5, 5.41) is 25.1. The van der Waals surface area contributed by atoms with Gasteiger partial charge in [-0.2, -0.15) is 0 Å². The highest BCUT2D eigenvalue weighted by Crippen LogP contribution is 2.24. The number of carbonyl (C=O) groups is 2. The van der Waals surface area contributed by atoms with Crippen molar-refractivity contribution in [1.29, 1.82) is 0 Å². The molecule has 0 radical (unpaired) electrons. The molecule has 1 fully saturated rings. The van der Waals surface area contributed by atoms with Gasteiger partial charge in [0.05, 0.1) is 18.9 Å². The summed E-state index contributed by atoms with van der Waals surface area (Å²) in [6.07, 6.45) is 4.41. The third-order valence-electron chi connectivity index (χ3n) is 5.26. The maximum Gasteiger partial charge on any atom is 0.503 e. The summed E-state index contributed by atoms with van der Waals surface area (Å²) in [5.74, 6) is 1.76. The fraction of sp³-hybridized carbons (Fsp3) is 0.280. The lowest BCUT2D eigenvalue weighted by Crippen LogP contribution is -2.19. The Balaban J connectivity index is 0.000000751. The monoisotopic (exact) mass is 465 g/mol. The molecule has 1 heterocycles. The van der Waals surface area contributed by atoms with Crippen LogP contribution in [0.4, 0.5) is 10.6 Å². The third-order valence-corrected chi connectivity index (χ3v) is 5.26. The Morgan fingerprint density at radius 3 is 2.03 bits per heavy atom. The van der Waals surface area contributed by atoms with E-state index in [1.807, 2.05) is 42.5 Å². The minimum Gasteiger partial charge on any atom is -0.497 e. The van der Waals surface area contributed by atoms with Gasteiger partial charge in [-0.3, -0.25) is 4.79 Å². The molecule has 1 aliphatic rings. The van der Waals surface area contributed by atoms with E-state index in [0.29, 0.717) is 11.4 Å². The number of carboxylic acid groups (broad SMARTS) is 2. The molecule has 9 heteroatoms. The molecule has 3 aromatic rings. The average Bonchev–Trinajstić information content (AvgIpc) is 2.85. The maximum absolute atomic E-state index is 12.5.